The molecule has 1 fully saturated rings. The van der Waals surface area contributed by atoms with Crippen LogP contribution in [-0.4, -0.2) is 50.3 Å². The highest BCUT2D eigenvalue weighted by atomic mass is 32.2. The van der Waals surface area contributed by atoms with E-state index in [1.807, 2.05) is 0 Å². The normalized spacial score (nSPS) is 30.7. The number of rotatable bonds is 5. The molecule has 0 aromatic heterocycles. The lowest BCUT2D eigenvalue weighted by Crippen LogP contribution is -2.52. The SMILES string of the molecule is NCC1(NCCCO)CCS(=O)(=O)C1. The summed E-state index contributed by atoms with van der Waals surface area (Å²) < 4.78 is 22.6. The van der Waals surface area contributed by atoms with Crippen molar-refractivity contribution in [2.24, 2.45) is 5.73 Å². The van der Waals surface area contributed by atoms with Crippen LogP contribution >= 0.6 is 0 Å². The van der Waals surface area contributed by atoms with Crippen molar-refractivity contribution in [1.82, 2.24) is 5.32 Å². The Balaban J connectivity index is 2.52. The van der Waals surface area contributed by atoms with Gasteiger partial charge in [0.05, 0.1) is 11.5 Å². The molecular weight excluding hydrogens is 204 g/mol. The summed E-state index contributed by atoms with van der Waals surface area (Å²) in [5.74, 6) is 0.345. The van der Waals surface area contributed by atoms with E-state index in [1.165, 1.54) is 0 Å². The quantitative estimate of drug-likeness (QED) is 0.491. The molecule has 1 saturated heterocycles. The van der Waals surface area contributed by atoms with Gasteiger partial charge in [-0.3, -0.25) is 0 Å². The molecule has 6 heteroatoms. The zero-order valence-electron chi connectivity index (χ0n) is 8.20. The fourth-order valence-corrected chi connectivity index (χ4v) is 3.77. The summed E-state index contributed by atoms with van der Waals surface area (Å²) >= 11 is 0. The number of hydrogen-bond acceptors (Lipinski definition) is 5. The van der Waals surface area contributed by atoms with Gasteiger partial charge in [0, 0.05) is 18.7 Å². The standard InChI is InChI=1S/C8H18N2O3S/c9-6-8(10-3-1-4-11)2-5-14(12,13)7-8/h10-11H,1-7,9H2. The summed E-state index contributed by atoms with van der Waals surface area (Å²) in [5.41, 5.74) is 5.13. The van der Waals surface area contributed by atoms with E-state index in [9.17, 15) is 8.42 Å². The molecule has 0 amide bonds. The summed E-state index contributed by atoms with van der Waals surface area (Å²) in [6, 6.07) is 0. The lowest BCUT2D eigenvalue weighted by Gasteiger charge is -2.27. The number of aliphatic hydroxyl groups is 1. The highest BCUT2D eigenvalue weighted by Crippen LogP contribution is 2.22. The van der Waals surface area contributed by atoms with Gasteiger partial charge in [-0.15, -0.1) is 0 Å². The molecule has 0 bridgehead atoms. The summed E-state index contributed by atoms with van der Waals surface area (Å²) in [7, 11) is -2.91. The maximum Gasteiger partial charge on any atom is 0.152 e. The van der Waals surface area contributed by atoms with Crippen LogP contribution in [0, 0.1) is 0 Å². The minimum atomic E-state index is -2.91. The van der Waals surface area contributed by atoms with Crippen LogP contribution in [0.5, 0.6) is 0 Å². The van der Waals surface area contributed by atoms with Gasteiger partial charge in [0.25, 0.3) is 0 Å². The fourth-order valence-electron chi connectivity index (χ4n) is 1.72. The van der Waals surface area contributed by atoms with Crippen molar-refractivity contribution in [3.63, 3.8) is 0 Å². The third kappa shape index (κ3) is 2.91. The van der Waals surface area contributed by atoms with Gasteiger partial charge in [-0.05, 0) is 19.4 Å². The summed E-state index contributed by atoms with van der Waals surface area (Å²) in [5, 5.41) is 11.7. The van der Waals surface area contributed by atoms with Crippen molar-refractivity contribution < 1.29 is 13.5 Å². The maximum absolute atomic E-state index is 11.3. The van der Waals surface area contributed by atoms with Crippen LogP contribution < -0.4 is 11.1 Å². The minimum absolute atomic E-state index is 0.112. The Morgan fingerprint density at radius 3 is 2.64 bits per heavy atom. The average Bonchev–Trinajstić information content (AvgIpc) is 2.44. The molecule has 5 nitrogen and oxygen atoms in total. The van der Waals surface area contributed by atoms with Crippen LogP contribution in [0.3, 0.4) is 0 Å². The molecule has 0 aromatic rings. The maximum atomic E-state index is 11.3. The number of sulfone groups is 1. The van der Waals surface area contributed by atoms with E-state index in [4.69, 9.17) is 10.8 Å². The Morgan fingerprint density at radius 2 is 2.21 bits per heavy atom. The zero-order valence-corrected chi connectivity index (χ0v) is 9.02. The molecule has 0 radical (unpaired) electrons. The van der Waals surface area contributed by atoms with Crippen molar-refractivity contribution in [3.05, 3.63) is 0 Å². The molecule has 1 unspecified atom stereocenters. The largest absolute Gasteiger partial charge is 0.396 e. The van der Waals surface area contributed by atoms with Gasteiger partial charge in [0.1, 0.15) is 0 Å². The smallest absolute Gasteiger partial charge is 0.152 e. The van der Waals surface area contributed by atoms with Crippen molar-refractivity contribution in [1.29, 1.82) is 0 Å². The number of nitrogens with one attached hydrogen (secondary N) is 1. The van der Waals surface area contributed by atoms with Gasteiger partial charge in [-0.1, -0.05) is 0 Å². The van der Waals surface area contributed by atoms with E-state index in [1.54, 1.807) is 0 Å². The van der Waals surface area contributed by atoms with Crippen LogP contribution in [0.25, 0.3) is 0 Å². The Bertz CT molecular complexity index is 278. The Kier molecular flexibility index (Phi) is 3.88. The monoisotopic (exact) mass is 222 g/mol. The first-order valence-corrected chi connectivity index (χ1v) is 6.62. The lowest BCUT2D eigenvalue weighted by molar-refractivity contribution is 0.273. The Morgan fingerprint density at radius 1 is 1.50 bits per heavy atom. The number of nitrogens with two attached hydrogens (primary N) is 1. The average molecular weight is 222 g/mol. The summed E-state index contributed by atoms with van der Waals surface area (Å²) in [6.45, 7) is 1.06. The van der Waals surface area contributed by atoms with Crippen molar-refractivity contribution in [2.75, 3.05) is 31.2 Å². The predicted molar refractivity (Wildman–Crippen MR) is 54.8 cm³/mol. The van der Waals surface area contributed by atoms with Crippen LogP contribution in [-0.2, 0) is 9.84 Å². The molecule has 1 heterocycles. The fraction of sp³-hybridized carbons (Fsp3) is 1.00. The molecule has 14 heavy (non-hydrogen) atoms. The van der Waals surface area contributed by atoms with Crippen molar-refractivity contribution in [3.8, 4) is 0 Å². The molecule has 1 aliphatic rings. The van der Waals surface area contributed by atoms with Crippen LogP contribution in [0.15, 0.2) is 0 Å². The van der Waals surface area contributed by atoms with Crippen LogP contribution in [0.1, 0.15) is 12.8 Å². The summed E-state index contributed by atoms with van der Waals surface area (Å²) in [4.78, 5) is 0. The van der Waals surface area contributed by atoms with Crippen LogP contribution in [0.2, 0.25) is 0 Å². The molecule has 84 valence electrons. The molecule has 1 aliphatic heterocycles. The van der Waals surface area contributed by atoms with E-state index in [0.29, 0.717) is 25.9 Å². The second-order valence-corrected chi connectivity index (χ2v) is 6.01. The van der Waals surface area contributed by atoms with Gasteiger partial charge < -0.3 is 16.2 Å². The first kappa shape index (κ1) is 11.9. The molecule has 0 saturated carbocycles. The predicted octanol–water partition coefficient (Wildman–Crippen LogP) is -1.53. The molecule has 0 aliphatic carbocycles. The first-order chi connectivity index (χ1) is 6.54. The molecule has 1 atom stereocenters. The van der Waals surface area contributed by atoms with E-state index >= 15 is 0 Å². The zero-order chi connectivity index (χ0) is 10.7. The second kappa shape index (κ2) is 4.57. The van der Waals surface area contributed by atoms with Crippen molar-refractivity contribution in [2.45, 2.75) is 18.4 Å². The molecule has 0 aromatic carbocycles. The van der Waals surface area contributed by atoms with Gasteiger partial charge in [0.15, 0.2) is 9.84 Å². The highest BCUT2D eigenvalue weighted by Gasteiger charge is 2.40. The summed E-state index contributed by atoms with van der Waals surface area (Å²) in [6.07, 6.45) is 1.21. The third-order valence-corrected chi connectivity index (χ3v) is 4.43. The molecule has 0 spiro atoms. The van der Waals surface area contributed by atoms with Crippen molar-refractivity contribution >= 4 is 9.84 Å². The Labute approximate surface area is 84.6 Å². The Hall–Kier alpha value is -0.170. The van der Waals surface area contributed by atoms with Gasteiger partial charge in [0.2, 0.25) is 0 Å². The van der Waals surface area contributed by atoms with Crippen LogP contribution in [0.4, 0.5) is 0 Å². The second-order valence-electron chi connectivity index (χ2n) is 3.83. The number of hydrogen-bond donors (Lipinski definition) is 3. The highest BCUT2D eigenvalue weighted by molar-refractivity contribution is 7.91. The van der Waals surface area contributed by atoms with E-state index < -0.39 is 15.4 Å². The van der Waals surface area contributed by atoms with E-state index in [2.05, 4.69) is 5.32 Å². The van der Waals surface area contributed by atoms with Gasteiger partial charge >= 0.3 is 0 Å². The molecule has 4 N–H and O–H groups in total. The lowest BCUT2D eigenvalue weighted by atomic mass is 9.99. The first-order valence-electron chi connectivity index (χ1n) is 4.80. The minimum Gasteiger partial charge on any atom is -0.396 e. The molecular formula is C8H18N2O3S. The topological polar surface area (TPSA) is 92.4 Å². The van der Waals surface area contributed by atoms with E-state index in [0.717, 1.165) is 0 Å². The number of aliphatic hydroxyl groups excluding tert-OH is 1. The third-order valence-electron chi connectivity index (χ3n) is 2.61. The van der Waals surface area contributed by atoms with E-state index in [-0.39, 0.29) is 18.1 Å². The van der Waals surface area contributed by atoms with Gasteiger partial charge in [-0.2, -0.15) is 0 Å². The molecule has 1 rings (SSSR count). The van der Waals surface area contributed by atoms with Gasteiger partial charge in [-0.25, -0.2) is 8.42 Å².